The molecule has 0 heterocycles. The molecular formula is C8H14ClNO2. The Hall–Kier alpha value is -0.280. The molecule has 3 nitrogen and oxygen atoms in total. The highest BCUT2D eigenvalue weighted by molar-refractivity contribution is 6.14. The van der Waals surface area contributed by atoms with Gasteiger partial charge in [0, 0.05) is 0 Å². The highest BCUT2D eigenvalue weighted by Gasteiger charge is 2.21. The van der Waals surface area contributed by atoms with Crippen molar-refractivity contribution in [2.45, 2.75) is 44.8 Å². The number of ether oxygens (including phenoxy) is 1. The number of rotatable bonds is 3. The largest absolute Gasteiger partial charge is 0.461 e. The van der Waals surface area contributed by atoms with Crippen molar-refractivity contribution < 1.29 is 9.53 Å². The van der Waals surface area contributed by atoms with Crippen LogP contribution in [0.25, 0.3) is 0 Å². The summed E-state index contributed by atoms with van der Waals surface area (Å²) in [6.45, 7) is 1.68. The van der Waals surface area contributed by atoms with Crippen LogP contribution in [0.2, 0.25) is 0 Å². The van der Waals surface area contributed by atoms with Crippen molar-refractivity contribution in [1.29, 1.82) is 0 Å². The fraction of sp³-hybridized carbons (Fsp3) is 0.875. The Balaban J connectivity index is 2.25. The molecule has 1 fully saturated rings. The van der Waals surface area contributed by atoms with Crippen LogP contribution in [0, 0.1) is 0 Å². The molecule has 1 N–H and O–H groups in total. The number of nitrogens with one attached hydrogen (secondary N) is 1. The number of carbonyl (C=O) groups is 1. The van der Waals surface area contributed by atoms with E-state index in [1.54, 1.807) is 6.92 Å². The number of hydrogen-bond acceptors (Lipinski definition) is 3. The average Bonchev–Trinajstić information content (AvgIpc) is 2.55. The topological polar surface area (TPSA) is 38.3 Å². The van der Waals surface area contributed by atoms with Gasteiger partial charge in [0.2, 0.25) is 0 Å². The second-order valence-electron chi connectivity index (χ2n) is 3.17. The maximum absolute atomic E-state index is 11.2. The van der Waals surface area contributed by atoms with E-state index in [0.29, 0.717) is 0 Å². The summed E-state index contributed by atoms with van der Waals surface area (Å²) in [5.74, 6) is -0.253. The molecule has 4 heteroatoms. The van der Waals surface area contributed by atoms with E-state index >= 15 is 0 Å². The van der Waals surface area contributed by atoms with Gasteiger partial charge in [0.1, 0.15) is 12.1 Å². The monoisotopic (exact) mass is 191 g/mol. The van der Waals surface area contributed by atoms with E-state index in [1.807, 2.05) is 0 Å². The summed E-state index contributed by atoms with van der Waals surface area (Å²) in [6, 6.07) is -0.410. The molecule has 1 saturated carbocycles. The summed E-state index contributed by atoms with van der Waals surface area (Å²) >= 11 is 5.28. The first-order chi connectivity index (χ1) is 5.74. The van der Waals surface area contributed by atoms with Crippen LogP contribution in [0.5, 0.6) is 0 Å². The summed E-state index contributed by atoms with van der Waals surface area (Å²) in [7, 11) is 0. The minimum atomic E-state index is -0.410. The zero-order valence-electron chi connectivity index (χ0n) is 7.18. The normalized spacial score (nSPS) is 20.8. The predicted octanol–water partition coefficient (Wildman–Crippen LogP) is 1.60. The van der Waals surface area contributed by atoms with Gasteiger partial charge >= 0.3 is 5.97 Å². The van der Waals surface area contributed by atoms with Crippen LogP contribution in [0.15, 0.2) is 0 Å². The Morgan fingerprint density at radius 2 is 2.17 bits per heavy atom. The Morgan fingerprint density at radius 3 is 2.67 bits per heavy atom. The van der Waals surface area contributed by atoms with Crippen LogP contribution in [-0.2, 0) is 9.53 Å². The van der Waals surface area contributed by atoms with Crippen LogP contribution >= 0.6 is 11.8 Å². The Labute approximate surface area is 77.5 Å². The Morgan fingerprint density at radius 1 is 1.58 bits per heavy atom. The molecule has 0 aromatic carbocycles. The molecule has 0 aromatic heterocycles. The smallest absolute Gasteiger partial charge is 0.324 e. The van der Waals surface area contributed by atoms with Crippen molar-refractivity contribution in [3.63, 3.8) is 0 Å². The van der Waals surface area contributed by atoms with E-state index in [1.165, 1.54) is 12.8 Å². The minimum Gasteiger partial charge on any atom is -0.461 e. The van der Waals surface area contributed by atoms with Crippen LogP contribution in [-0.4, -0.2) is 18.1 Å². The van der Waals surface area contributed by atoms with Gasteiger partial charge in [-0.05, 0) is 44.4 Å². The number of esters is 1. The third kappa shape index (κ3) is 2.64. The molecule has 0 radical (unpaired) electrons. The highest BCUT2D eigenvalue weighted by atomic mass is 35.5. The first kappa shape index (κ1) is 9.81. The summed E-state index contributed by atoms with van der Waals surface area (Å²) in [4.78, 5) is 13.5. The molecule has 0 aliphatic heterocycles. The predicted molar refractivity (Wildman–Crippen MR) is 46.8 cm³/mol. The van der Waals surface area contributed by atoms with Crippen molar-refractivity contribution in [3.05, 3.63) is 0 Å². The van der Waals surface area contributed by atoms with E-state index in [0.717, 1.165) is 12.8 Å². The SMILES string of the molecule is C[C@H](NCl)C(=O)OC1CCCC1. The quantitative estimate of drug-likeness (QED) is 0.544. The maximum atomic E-state index is 11.2. The second-order valence-corrected chi connectivity index (χ2v) is 3.39. The van der Waals surface area contributed by atoms with E-state index in [2.05, 4.69) is 4.84 Å². The molecule has 12 heavy (non-hydrogen) atoms. The lowest BCUT2D eigenvalue weighted by atomic mass is 10.3. The summed E-state index contributed by atoms with van der Waals surface area (Å²) < 4.78 is 5.18. The number of carbonyl (C=O) groups excluding carboxylic acids is 1. The number of halogens is 1. The molecule has 0 spiro atoms. The van der Waals surface area contributed by atoms with Gasteiger partial charge in [0.25, 0.3) is 0 Å². The maximum Gasteiger partial charge on any atom is 0.324 e. The number of hydrogen-bond donors (Lipinski definition) is 1. The standard InChI is InChI=1S/C8H14ClNO2/c1-6(10-9)8(11)12-7-4-2-3-5-7/h6-7,10H,2-5H2,1H3/t6-/m0/s1. The summed E-state index contributed by atoms with van der Waals surface area (Å²) in [5, 5.41) is 0. The lowest BCUT2D eigenvalue weighted by molar-refractivity contribution is -0.150. The van der Waals surface area contributed by atoms with Crippen molar-refractivity contribution in [2.24, 2.45) is 0 Å². The van der Waals surface area contributed by atoms with Gasteiger partial charge in [0.15, 0.2) is 0 Å². The Bertz CT molecular complexity index is 157. The molecule has 1 rings (SSSR count). The van der Waals surface area contributed by atoms with Gasteiger partial charge in [-0.15, -0.1) is 0 Å². The highest BCUT2D eigenvalue weighted by Crippen LogP contribution is 2.21. The van der Waals surface area contributed by atoms with Crippen molar-refractivity contribution in [1.82, 2.24) is 4.84 Å². The molecular weight excluding hydrogens is 178 g/mol. The second kappa shape index (κ2) is 4.67. The molecule has 70 valence electrons. The fourth-order valence-electron chi connectivity index (χ4n) is 1.32. The van der Waals surface area contributed by atoms with Crippen molar-refractivity contribution >= 4 is 17.7 Å². The lowest BCUT2D eigenvalue weighted by Gasteiger charge is -2.14. The van der Waals surface area contributed by atoms with Crippen molar-refractivity contribution in [3.8, 4) is 0 Å². The molecule has 0 aromatic rings. The van der Waals surface area contributed by atoms with Crippen LogP contribution < -0.4 is 4.84 Å². The molecule has 1 aliphatic carbocycles. The van der Waals surface area contributed by atoms with Crippen molar-refractivity contribution in [2.75, 3.05) is 0 Å². The minimum absolute atomic E-state index is 0.130. The third-order valence-corrected chi connectivity index (χ3v) is 2.43. The molecule has 1 atom stereocenters. The first-order valence-electron chi connectivity index (χ1n) is 4.30. The Kier molecular flexibility index (Phi) is 3.82. The van der Waals surface area contributed by atoms with Gasteiger partial charge in [-0.3, -0.25) is 4.79 Å². The zero-order valence-corrected chi connectivity index (χ0v) is 7.93. The van der Waals surface area contributed by atoms with Crippen LogP contribution in [0.3, 0.4) is 0 Å². The van der Waals surface area contributed by atoms with Gasteiger partial charge in [-0.1, -0.05) is 0 Å². The third-order valence-electron chi connectivity index (χ3n) is 2.10. The van der Waals surface area contributed by atoms with Crippen LogP contribution in [0.4, 0.5) is 0 Å². The molecule has 0 unspecified atom stereocenters. The summed E-state index contributed by atoms with van der Waals surface area (Å²) in [5.41, 5.74) is 0. The van der Waals surface area contributed by atoms with Gasteiger partial charge in [0.05, 0.1) is 0 Å². The van der Waals surface area contributed by atoms with E-state index in [9.17, 15) is 4.79 Å². The zero-order chi connectivity index (χ0) is 8.97. The molecule has 0 bridgehead atoms. The van der Waals surface area contributed by atoms with Gasteiger partial charge < -0.3 is 4.74 Å². The first-order valence-corrected chi connectivity index (χ1v) is 4.68. The van der Waals surface area contributed by atoms with E-state index in [-0.39, 0.29) is 12.1 Å². The molecule has 0 amide bonds. The fourth-order valence-corrected chi connectivity index (χ4v) is 1.41. The molecule has 1 aliphatic rings. The van der Waals surface area contributed by atoms with Crippen LogP contribution in [0.1, 0.15) is 32.6 Å². The molecule has 0 saturated heterocycles. The van der Waals surface area contributed by atoms with E-state index < -0.39 is 6.04 Å². The lowest BCUT2D eigenvalue weighted by Crippen LogP contribution is -2.31. The summed E-state index contributed by atoms with van der Waals surface area (Å²) in [6.07, 6.45) is 4.47. The van der Waals surface area contributed by atoms with E-state index in [4.69, 9.17) is 16.5 Å². The van der Waals surface area contributed by atoms with Gasteiger partial charge in [-0.2, -0.15) is 0 Å². The van der Waals surface area contributed by atoms with Gasteiger partial charge in [-0.25, -0.2) is 4.84 Å². The average molecular weight is 192 g/mol.